The fourth-order valence-electron chi connectivity index (χ4n) is 1.57. The van der Waals surface area contributed by atoms with E-state index in [0.717, 1.165) is 13.1 Å². The van der Waals surface area contributed by atoms with E-state index in [4.69, 9.17) is 9.47 Å². The van der Waals surface area contributed by atoms with Crippen LogP contribution in [-0.2, 0) is 9.47 Å². The van der Waals surface area contributed by atoms with Gasteiger partial charge in [-0.25, -0.2) is 0 Å². The quantitative estimate of drug-likeness (QED) is 0.692. The van der Waals surface area contributed by atoms with E-state index in [1.165, 1.54) is 18.4 Å². The van der Waals surface area contributed by atoms with Crippen LogP contribution in [0.3, 0.4) is 0 Å². The molecule has 1 unspecified atom stereocenters. The molecule has 0 bridgehead atoms. The Morgan fingerprint density at radius 2 is 2.27 bits per heavy atom. The van der Waals surface area contributed by atoms with E-state index in [1.807, 2.05) is 0 Å². The minimum atomic E-state index is 0.142. The fourth-order valence-corrected chi connectivity index (χ4v) is 1.57. The normalized spacial score (nSPS) is 17.6. The van der Waals surface area contributed by atoms with E-state index in [2.05, 4.69) is 23.5 Å². The third kappa shape index (κ3) is 5.11. The number of ether oxygens (including phenoxy) is 2. The first kappa shape index (κ1) is 12.4. The van der Waals surface area contributed by atoms with Gasteiger partial charge in [0, 0.05) is 27.3 Å². The molecule has 3 nitrogen and oxygen atoms in total. The summed E-state index contributed by atoms with van der Waals surface area (Å²) in [5, 5.41) is 3.37. The summed E-state index contributed by atoms with van der Waals surface area (Å²) in [4.78, 5) is 0. The molecule has 1 atom stereocenters. The van der Waals surface area contributed by atoms with Crippen molar-refractivity contribution in [2.24, 2.45) is 0 Å². The number of methoxy groups -OCH3 is 2. The van der Waals surface area contributed by atoms with E-state index in [0.29, 0.717) is 6.61 Å². The second kappa shape index (κ2) is 7.63. The van der Waals surface area contributed by atoms with E-state index < -0.39 is 0 Å². The van der Waals surface area contributed by atoms with E-state index >= 15 is 0 Å². The Bertz CT molecular complexity index is 224. The Morgan fingerprint density at radius 1 is 1.40 bits per heavy atom. The van der Waals surface area contributed by atoms with Crippen molar-refractivity contribution in [2.75, 3.05) is 33.9 Å². The minimum Gasteiger partial charge on any atom is -0.382 e. The molecule has 0 aromatic rings. The lowest BCUT2D eigenvalue weighted by Crippen LogP contribution is -2.32. The predicted octanol–water partition coefficient (Wildman–Crippen LogP) is 1.51. The van der Waals surface area contributed by atoms with Gasteiger partial charge in [-0.1, -0.05) is 18.2 Å². The van der Waals surface area contributed by atoms with Crippen molar-refractivity contribution in [3.8, 4) is 0 Å². The number of allylic oxidation sites excluding steroid dienone is 2. The van der Waals surface area contributed by atoms with Gasteiger partial charge in [0.2, 0.25) is 0 Å². The first-order chi connectivity index (χ1) is 7.36. The highest BCUT2D eigenvalue weighted by Crippen LogP contribution is 2.08. The second-order valence-electron chi connectivity index (χ2n) is 3.70. The lowest BCUT2D eigenvalue weighted by molar-refractivity contribution is 0.0294. The van der Waals surface area contributed by atoms with Crippen LogP contribution >= 0.6 is 0 Å². The van der Waals surface area contributed by atoms with Crippen LogP contribution < -0.4 is 5.32 Å². The highest BCUT2D eigenvalue weighted by Gasteiger charge is 2.06. The highest BCUT2D eigenvalue weighted by molar-refractivity contribution is 5.23. The Hall–Kier alpha value is -0.640. The van der Waals surface area contributed by atoms with Gasteiger partial charge in [-0.2, -0.15) is 0 Å². The standard InChI is InChI=1S/C12H21NO2/c1-14-10-12(15-2)9-13-8-11-6-4-3-5-7-11/h4,6-7,12-13H,3,5,8-10H2,1-2H3. The smallest absolute Gasteiger partial charge is 0.0928 e. The van der Waals surface area contributed by atoms with Crippen LogP contribution in [0, 0.1) is 0 Å². The molecule has 1 aliphatic rings. The van der Waals surface area contributed by atoms with Gasteiger partial charge >= 0.3 is 0 Å². The molecule has 0 radical (unpaired) electrons. The van der Waals surface area contributed by atoms with Gasteiger partial charge in [-0.3, -0.25) is 0 Å². The third-order valence-corrected chi connectivity index (χ3v) is 2.46. The maximum Gasteiger partial charge on any atom is 0.0928 e. The Labute approximate surface area is 92.1 Å². The Balaban J connectivity index is 2.14. The van der Waals surface area contributed by atoms with Gasteiger partial charge in [-0.15, -0.1) is 0 Å². The summed E-state index contributed by atoms with van der Waals surface area (Å²) < 4.78 is 10.3. The van der Waals surface area contributed by atoms with E-state index in [9.17, 15) is 0 Å². The minimum absolute atomic E-state index is 0.142. The summed E-state index contributed by atoms with van der Waals surface area (Å²) in [6.07, 6.45) is 9.18. The van der Waals surface area contributed by atoms with Gasteiger partial charge in [0.25, 0.3) is 0 Å². The number of nitrogens with one attached hydrogen (secondary N) is 1. The summed E-state index contributed by atoms with van der Waals surface area (Å²) in [5.41, 5.74) is 1.37. The highest BCUT2D eigenvalue weighted by atomic mass is 16.5. The average Bonchev–Trinajstić information content (AvgIpc) is 2.29. The zero-order chi connectivity index (χ0) is 10.9. The fraction of sp³-hybridized carbons (Fsp3) is 0.667. The molecule has 0 spiro atoms. The summed E-state index contributed by atoms with van der Waals surface area (Å²) in [6.45, 7) is 2.38. The SMILES string of the molecule is COCC(CNCC1=CCCC=C1)OC. The van der Waals surface area contributed by atoms with Gasteiger partial charge in [0.1, 0.15) is 0 Å². The van der Waals surface area contributed by atoms with Crippen molar-refractivity contribution in [1.29, 1.82) is 0 Å². The molecule has 0 aliphatic heterocycles. The van der Waals surface area contributed by atoms with Crippen LogP contribution in [0.2, 0.25) is 0 Å². The largest absolute Gasteiger partial charge is 0.382 e. The number of hydrogen-bond donors (Lipinski definition) is 1. The average molecular weight is 211 g/mol. The molecule has 1 rings (SSSR count). The molecule has 0 saturated heterocycles. The molecule has 0 aromatic heterocycles. The summed E-state index contributed by atoms with van der Waals surface area (Å²) >= 11 is 0. The van der Waals surface area contributed by atoms with Crippen LogP contribution in [0.4, 0.5) is 0 Å². The zero-order valence-corrected chi connectivity index (χ0v) is 9.66. The van der Waals surface area contributed by atoms with E-state index in [1.54, 1.807) is 14.2 Å². The van der Waals surface area contributed by atoms with Gasteiger partial charge in [0.05, 0.1) is 12.7 Å². The van der Waals surface area contributed by atoms with Crippen molar-refractivity contribution >= 4 is 0 Å². The van der Waals surface area contributed by atoms with E-state index in [-0.39, 0.29) is 6.10 Å². The first-order valence-corrected chi connectivity index (χ1v) is 5.45. The maximum absolute atomic E-state index is 5.26. The zero-order valence-electron chi connectivity index (χ0n) is 9.66. The van der Waals surface area contributed by atoms with Crippen molar-refractivity contribution in [3.05, 3.63) is 23.8 Å². The predicted molar refractivity (Wildman–Crippen MR) is 62.0 cm³/mol. The van der Waals surface area contributed by atoms with Crippen LogP contribution in [0.1, 0.15) is 12.8 Å². The monoisotopic (exact) mass is 211 g/mol. The van der Waals surface area contributed by atoms with Gasteiger partial charge in [-0.05, 0) is 18.4 Å². The van der Waals surface area contributed by atoms with Gasteiger partial charge in [0.15, 0.2) is 0 Å². The maximum atomic E-state index is 5.26. The van der Waals surface area contributed by atoms with Crippen molar-refractivity contribution in [2.45, 2.75) is 18.9 Å². The second-order valence-corrected chi connectivity index (χ2v) is 3.70. The summed E-state index contributed by atoms with van der Waals surface area (Å²) in [7, 11) is 3.41. The lowest BCUT2D eigenvalue weighted by Gasteiger charge is -2.15. The van der Waals surface area contributed by atoms with Crippen LogP contribution in [0.5, 0.6) is 0 Å². The topological polar surface area (TPSA) is 30.5 Å². The number of rotatable bonds is 7. The van der Waals surface area contributed by atoms with Crippen molar-refractivity contribution < 1.29 is 9.47 Å². The molecule has 1 N–H and O–H groups in total. The molecule has 3 heteroatoms. The molecule has 1 aliphatic carbocycles. The molecule has 0 aromatic carbocycles. The number of hydrogen-bond acceptors (Lipinski definition) is 3. The first-order valence-electron chi connectivity index (χ1n) is 5.45. The Morgan fingerprint density at radius 3 is 2.87 bits per heavy atom. The molecular weight excluding hydrogens is 190 g/mol. The van der Waals surface area contributed by atoms with Crippen LogP contribution in [-0.4, -0.2) is 40.0 Å². The lowest BCUT2D eigenvalue weighted by atomic mass is 10.1. The van der Waals surface area contributed by atoms with Crippen LogP contribution in [0.25, 0.3) is 0 Å². The molecule has 0 amide bonds. The summed E-state index contributed by atoms with van der Waals surface area (Å²) in [6, 6.07) is 0. The third-order valence-electron chi connectivity index (χ3n) is 2.46. The van der Waals surface area contributed by atoms with Crippen molar-refractivity contribution in [1.82, 2.24) is 5.32 Å². The molecule has 0 fully saturated rings. The van der Waals surface area contributed by atoms with Gasteiger partial charge < -0.3 is 14.8 Å². The molecule has 0 heterocycles. The van der Waals surface area contributed by atoms with Crippen LogP contribution in [0.15, 0.2) is 23.8 Å². The molecular formula is C12H21NO2. The molecule has 15 heavy (non-hydrogen) atoms. The Kier molecular flexibility index (Phi) is 6.32. The molecule has 0 saturated carbocycles. The summed E-state index contributed by atoms with van der Waals surface area (Å²) in [5.74, 6) is 0. The van der Waals surface area contributed by atoms with Crippen molar-refractivity contribution in [3.63, 3.8) is 0 Å². The molecule has 86 valence electrons.